The molecule has 0 heterocycles. The highest BCUT2D eigenvalue weighted by Gasteiger charge is 2.13. The maximum absolute atomic E-state index is 9.09. The van der Waals surface area contributed by atoms with Crippen LogP contribution in [-0.4, -0.2) is 20.8 Å². The summed E-state index contributed by atoms with van der Waals surface area (Å²) in [5.41, 5.74) is 0.432. The molecule has 52 valence electrons. The average Bonchev–Trinajstić information content (AvgIpc) is 1.86. The zero-order valence-corrected chi connectivity index (χ0v) is 6.55. The van der Waals surface area contributed by atoms with Crippen molar-refractivity contribution in [3.8, 4) is 0 Å². The Morgan fingerprint density at radius 2 is 1.64 bits per heavy atom. The normalized spacial score (nSPS) is 11.5. The molecular formula is C7H5B2ClO. The van der Waals surface area contributed by atoms with Gasteiger partial charge in [0.15, 0.2) is 0 Å². The molecular weight excluding hydrogens is 157 g/mol. The van der Waals surface area contributed by atoms with E-state index >= 15 is 0 Å². The van der Waals surface area contributed by atoms with Crippen molar-refractivity contribution in [1.29, 1.82) is 0 Å². The summed E-state index contributed by atoms with van der Waals surface area (Å²) in [5.74, 6) is 0. The molecule has 4 heteroatoms. The van der Waals surface area contributed by atoms with Gasteiger partial charge in [-0.25, -0.2) is 0 Å². The number of hydrogen-bond acceptors (Lipinski definition) is 1. The van der Waals surface area contributed by atoms with E-state index in [1.807, 2.05) is 0 Å². The standard InChI is InChI=1S/C7H5B2ClO/c8-7(9,11)5-1-3-6(10)4-2-5/h1-4,11H. The summed E-state index contributed by atoms with van der Waals surface area (Å²) < 4.78 is 0. The minimum absolute atomic E-state index is 0.432. The number of hydrogen-bond donors (Lipinski definition) is 1. The number of rotatable bonds is 1. The van der Waals surface area contributed by atoms with Crippen molar-refractivity contribution in [2.45, 2.75) is 5.40 Å². The topological polar surface area (TPSA) is 20.2 Å². The minimum atomic E-state index is -1.77. The molecule has 0 spiro atoms. The summed E-state index contributed by atoms with van der Waals surface area (Å²) in [6, 6.07) is 6.37. The van der Waals surface area contributed by atoms with Gasteiger partial charge in [-0.05, 0) is 17.7 Å². The van der Waals surface area contributed by atoms with Crippen LogP contribution in [0.3, 0.4) is 0 Å². The molecule has 1 rings (SSSR count). The van der Waals surface area contributed by atoms with E-state index in [9.17, 15) is 0 Å². The Hall–Kier alpha value is -0.400. The van der Waals surface area contributed by atoms with Crippen LogP contribution in [-0.2, 0) is 5.40 Å². The maximum atomic E-state index is 9.09. The van der Waals surface area contributed by atoms with Crippen LogP contribution < -0.4 is 0 Å². The molecule has 0 aromatic heterocycles. The number of halogens is 1. The number of aliphatic hydroxyl groups is 1. The van der Waals surface area contributed by atoms with Crippen LogP contribution in [0.15, 0.2) is 24.3 Å². The lowest BCUT2D eigenvalue weighted by molar-refractivity contribution is 0.217. The molecule has 11 heavy (non-hydrogen) atoms. The first-order valence-electron chi connectivity index (χ1n) is 3.06. The molecule has 0 aliphatic carbocycles. The molecule has 1 aromatic carbocycles. The first-order chi connectivity index (χ1) is 5.00. The third kappa shape index (κ3) is 2.28. The number of benzene rings is 1. The maximum Gasteiger partial charge on any atom is 0.105 e. The van der Waals surface area contributed by atoms with Crippen molar-refractivity contribution in [2.75, 3.05) is 0 Å². The summed E-state index contributed by atoms with van der Waals surface area (Å²) >= 11 is 5.60. The minimum Gasteiger partial charge on any atom is -0.405 e. The first-order valence-corrected chi connectivity index (χ1v) is 3.44. The molecule has 0 aliphatic rings. The summed E-state index contributed by atoms with van der Waals surface area (Å²) in [6.07, 6.45) is 0. The summed E-state index contributed by atoms with van der Waals surface area (Å²) in [6.45, 7) is 0. The Morgan fingerprint density at radius 3 is 2.00 bits per heavy atom. The first kappa shape index (κ1) is 8.69. The van der Waals surface area contributed by atoms with E-state index in [4.69, 9.17) is 32.4 Å². The molecule has 0 saturated heterocycles. The van der Waals surface area contributed by atoms with E-state index in [1.165, 1.54) is 0 Å². The quantitative estimate of drug-likeness (QED) is 0.605. The van der Waals surface area contributed by atoms with Crippen LogP contribution in [0.5, 0.6) is 0 Å². The van der Waals surface area contributed by atoms with Crippen LogP contribution in [0.25, 0.3) is 0 Å². The molecule has 0 atom stereocenters. The molecule has 1 aromatic rings. The molecule has 0 bridgehead atoms. The lowest BCUT2D eigenvalue weighted by Gasteiger charge is -2.18. The Kier molecular flexibility index (Phi) is 2.31. The molecule has 0 saturated carbocycles. The van der Waals surface area contributed by atoms with Gasteiger partial charge >= 0.3 is 0 Å². The van der Waals surface area contributed by atoms with Crippen LogP contribution in [0, 0.1) is 0 Å². The molecule has 0 unspecified atom stereocenters. The van der Waals surface area contributed by atoms with E-state index in [1.54, 1.807) is 24.3 Å². The second-order valence-electron chi connectivity index (χ2n) is 2.33. The lowest BCUT2D eigenvalue weighted by Crippen LogP contribution is -2.25. The van der Waals surface area contributed by atoms with Crippen molar-refractivity contribution in [1.82, 2.24) is 0 Å². The van der Waals surface area contributed by atoms with E-state index in [0.29, 0.717) is 10.6 Å². The molecule has 4 radical (unpaired) electrons. The molecule has 0 amide bonds. The van der Waals surface area contributed by atoms with Crippen molar-refractivity contribution < 1.29 is 5.11 Å². The van der Waals surface area contributed by atoms with Crippen molar-refractivity contribution in [3.63, 3.8) is 0 Å². The van der Waals surface area contributed by atoms with Crippen molar-refractivity contribution in [2.24, 2.45) is 0 Å². The third-order valence-corrected chi connectivity index (χ3v) is 1.56. The molecule has 1 nitrogen and oxygen atoms in total. The van der Waals surface area contributed by atoms with Gasteiger partial charge in [-0.3, -0.25) is 0 Å². The predicted molar refractivity (Wildman–Crippen MR) is 46.9 cm³/mol. The Balaban J connectivity index is 2.99. The Morgan fingerprint density at radius 1 is 1.18 bits per heavy atom. The third-order valence-electron chi connectivity index (χ3n) is 1.31. The fourth-order valence-corrected chi connectivity index (χ4v) is 0.843. The smallest absolute Gasteiger partial charge is 0.105 e. The van der Waals surface area contributed by atoms with E-state index in [2.05, 4.69) is 0 Å². The van der Waals surface area contributed by atoms with E-state index in [-0.39, 0.29) is 0 Å². The van der Waals surface area contributed by atoms with Crippen LogP contribution >= 0.6 is 11.6 Å². The predicted octanol–water partition coefficient (Wildman–Crippen LogP) is 0.780. The fraction of sp³-hybridized carbons (Fsp3) is 0.143. The summed E-state index contributed by atoms with van der Waals surface area (Å²) in [4.78, 5) is 0. The van der Waals surface area contributed by atoms with Crippen LogP contribution in [0.1, 0.15) is 5.56 Å². The average molecular weight is 162 g/mol. The van der Waals surface area contributed by atoms with Crippen molar-refractivity contribution in [3.05, 3.63) is 34.9 Å². The van der Waals surface area contributed by atoms with Gasteiger partial charge in [0.1, 0.15) is 15.7 Å². The highest BCUT2D eigenvalue weighted by atomic mass is 35.5. The molecule has 0 fully saturated rings. The monoisotopic (exact) mass is 162 g/mol. The lowest BCUT2D eigenvalue weighted by atomic mass is 9.61. The second kappa shape index (κ2) is 2.92. The summed E-state index contributed by atoms with van der Waals surface area (Å²) in [7, 11) is 10.4. The zero-order chi connectivity index (χ0) is 8.48. The van der Waals surface area contributed by atoms with Crippen molar-refractivity contribution >= 4 is 27.3 Å². The summed E-state index contributed by atoms with van der Waals surface area (Å²) in [5, 5.41) is 7.90. The van der Waals surface area contributed by atoms with Crippen LogP contribution in [0.2, 0.25) is 5.02 Å². The molecule has 0 aliphatic heterocycles. The highest BCUT2D eigenvalue weighted by Crippen LogP contribution is 2.16. The zero-order valence-electron chi connectivity index (χ0n) is 5.79. The van der Waals surface area contributed by atoms with E-state index < -0.39 is 5.40 Å². The Bertz CT molecular complexity index is 240. The van der Waals surface area contributed by atoms with Gasteiger partial charge in [0.25, 0.3) is 0 Å². The van der Waals surface area contributed by atoms with Gasteiger partial charge in [-0.1, -0.05) is 23.7 Å². The molecule has 1 N–H and O–H groups in total. The van der Waals surface area contributed by atoms with Gasteiger partial charge in [0, 0.05) is 10.4 Å². The largest absolute Gasteiger partial charge is 0.405 e. The fourth-order valence-electron chi connectivity index (χ4n) is 0.717. The van der Waals surface area contributed by atoms with Crippen LogP contribution in [0.4, 0.5) is 0 Å². The van der Waals surface area contributed by atoms with Gasteiger partial charge in [-0.15, -0.1) is 0 Å². The Labute approximate surface area is 73.2 Å². The second-order valence-corrected chi connectivity index (χ2v) is 2.77. The van der Waals surface area contributed by atoms with Gasteiger partial charge < -0.3 is 5.11 Å². The van der Waals surface area contributed by atoms with Gasteiger partial charge in [0.2, 0.25) is 0 Å². The van der Waals surface area contributed by atoms with Gasteiger partial charge in [-0.2, -0.15) is 0 Å². The SMILES string of the molecule is [B]C([B])(O)c1ccc(Cl)cc1. The highest BCUT2D eigenvalue weighted by molar-refractivity contribution is 6.38. The van der Waals surface area contributed by atoms with Gasteiger partial charge in [0.05, 0.1) is 0 Å². The van der Waals surface area contributed by atoms with E-state index in [0.717, 1.165) is 0 Å².